The summed E-state index contributed by atoms with van der Waals surface area (Å²) in [5, 5.41) is 0. The minimum atomic E-state index is -4.45. The van der Waals surface area contributed by atoms with Crippen LogP contribution in [0.1, 0.15) is 25.0 Å². The van der Waals surface area contributed by atoms with Gasteiger partial charge in [-0.1, -0.05) is 0 Å². The van der Waals surface area contributed by atoms with Crippen LogP contribution in [-0.4, -0.2) is 37.2 Å². The zero-order valence-electron chi connectivity index (χ0n) is 11.0. The van der Waals surface area contributed by atoms with Gasteiger partial charge in [-0.25, -0.2) is 4.98 Å². The van der Waals surface area contributed by atoms with Crippen LogP contribution >= 0.6 is 0 Å². The van der Waals surface area contributed by atoms with E-state index < -0.39 is 11.9 Å². The molecule has 1 aliphatic rings. The smallest absolute Gasteiger partial charge is 0.363 e. The van der Waals surface area contributed by atoms with E-state index in [2.05, 4.69) is 9.97 Å². The molecule has 106 valence electrons. The molecule has 19 heavy (non-hydrogen) atoms. The third-order valence-corrected chi connectivity index (χ3v) is 3.09. The van der Waals surface area contributed by atoms with Crippen molar-refractivity contribution in [3.8, 4) is 0 Å². The van der Waals surface area contributed by atoms with E-state index in [4.69, 9.17) is 0 Å². The quantitative estimate of drug-likeness (QED) is 0.829. The second-order valence-corrected chi connectivity index (χ2v) is 4.85. The van der Waals surface area contributed by atoms with Crippen molar-refractivity contribution in [2.24, 2.45) is 0 Å². The number of alkyl halides is 3. The van der Waals surface area contributed by atoms with Crippen molar-refractivity contribution in [3.63, 3.8) is 0 Å². The molecule has 0 amide bonds. The molecule has 4 nitrogen and oxygen atoms in total. The molecule has 0 saturated carbocycles. The second-order valence-electron chi connectivity index (χ2n) is 4.85. The largest absolute Gasteiger partial charge is 0.433 e. The fourth-order valence-corrected chi connectivity index (χ4v) is 2.03. The molecule has 1 saturated heterocycles. The van der Waals surface area contributed by atoms with Crippen LogP contribution in [0.25, 0.3) is 0 Å². The molecule has 1 aliphatic heterocycles. The van der Waals surface area contributed by atoms with Crippen molar-refractivity contribution in [1.29, 1.82) is 0 Å². The van der Waals surface area contributed by atoms with Gasteiger partial charge < -0.3 is 9.80 Å². The third kappa shape index (κ3) is 3.27. The van der Waals surface area contributed by atoms with E-state index in [1.807, 2.05) is 4.90 Å². The maximum atomic E-state index is 12.9. The molecule has 0 aliphatic carbocycles. The van der Waals surface area contributed by atoms with Gasteiger partial charge in [-0.15, -0.1) is 0 Å². The number of aromatic nitrogens is 2. The predicted octanol–water partition coefficient (Wildman–Crippen LogP) is 2.55. The van der Waals surface area contributed by atoms with Crippen molar-refractivity contribution in [2.75, 3.05) is 37.0 Å². The molecule has 1 aromatic rings. The van der Waals surface area contributed by atoms with E-state index in [1.54, 1.807) is 19.0 Å². The Morgan fingerprint density at radius 3 is 2.26 bits per heavy atom. The predicted molar refractivity (Wildman–Crippen MR) is 67.4 cm³/mol. The Labute approximate surface area is 110 Å². The molecular weight excluding hydrogens is 257 g/mol. The molecule has 0 aromatic carbocycles. The first-order chi connectivity index (χ1) is 8.88. The first kappa shape index (κ1) is 13.9. The Balaban J connectivity index is 2.39. The molecule has 1 aromatic heterocycles. The van der Waals surface area contributed by atoms with Crippen LogP contribution in [0.4, 0.5) is 24.9 Å². The van der Waals surface area contributed by atoms with Crippen LogP contribution in [0.2, 0.25) is 0 Å². The maximum Gasteiger partial charge on any atom is 0.433 e. The van der Waals surface area contributed by atoms with Gasteiger partial charge in [0.25, 0.3) is 0 Å². The maximum absolute atomic E-state index is 12.9. The number of anilines is 2. The summed E-state index contributed by atoms with van der Waals surface area (Å²) in [4.78, 5) is 11.3. The van der Waals surface area contributed by atoms with E-state index in [1.165, 1.54) is 0 Å². The van der Waals surface area contributed by atoms with Crippen molar-refractivity contribution in [2.45, 2.75) is 25.4 Å². The molecule has 2 rings (SSSR count). The molecule has 0 bridgehead atoms. The Hall–Kier alpha value is -1.53. The molecule has 0 unspecified atom stereocenters. The summed E-state index contributed by atoms with van der Waals surface area (Å²) in [6, 6.07) is 0.980. The summed E-state index contributed by atoms with van der Waals surface area (Å²) < 4.78 is 38.6. The van der Waals surface area contributed by atoms with E-state index in [9.17, 15) is 13.2 Å². The normalized spacial score (nSPS) is 16.6. The number of nitrogens with zero attached hydrogens (tertiary/aromatic N) is 4. The summed E-state index contributed by atoms with van der Waals surface area (Å²) >= 11 is 0. The highest BCUT2D eigenvalue weighted by molar-refractivity contribution is 5.45. The number of halogens is 3. The Kier molecular flexibility index (Phi) is 3.82. The first-order valence-corrected chi connectivity index (χ1v) is 6.26. The summed E-state index contributed by atoms with van der Waals surface area (Å²) in [5.74, 6) is 0.459. The Morgan fingerprint density at radius 1 is 1.11 bits per heavy atom. The fraction of sp³-hybridized carbons (Fsp3) is 0.667. The van der Waals surface area contributed by atoms with Gasteiger partial charge in [0, 0.05) is 33.3 Å². The number of piperidine rings is 1. The second kappa shape index (κ2) is 5.22. The van der Waals surface area contributed by atoms with Gasteiger partial charge >= 0.3 is 6.18 Å². The van der Waals surface area contributed by atoms with E-state index in [0.717, 1.165) is 25.3 Å². The highest BCUT2D eigenvalue weighted by Gasteiger charge is 2.34. The van der Waals surface area contributed by atoms with Crippen LogP contribution in [0.3, 0.4) is 0 Å². The highest BCUT2D eigenvalue weighted by Crippen LogP contribution is 2.31. The molecule has 1 fully saturated rings. The van der Waals surface area contributed by atoms with Gasteiger partial charge in [0.2, 0.25) is 5.95 Å². The Bertz CT molecular complexity index is 439. The minimum Gasteiger partial charge on any atom is -0.363 e. The lowest BCUT2D eigenvalue weighted by Gasteiger charge is -2.28. The lowest BCUT2D eigenvalue weighted by atomic mass is 10.1. The summed E-state index contributed by atoms with van der Waals surface area (Å²) in [6.45, 7) is 1.43. The third-order valence-electron chi connectivity index (χ3n) is 3.09. The average molecular weight is 274 g/mol. The van der Waals surface area contributed by atoms with Gasteiger partial charge in [-0.2, -0.15) is 18.2 Å². The summed E-state index contributed by atoms with van der Waals surface area (Å²) in [6.07, 6.45) is -1.40. The monoisotopic (exact) mass is 274 g/mol. The highest BCUT2D eigenvalue weighted by atomic mass is 19.4. The first-order valence-electron chi connectivity index (χ1n) is 6.26. The van der Waals surface area contributed by atoms with Crippen LogP contribution in [0, 0.1) is 0 Å². The molecule has 7 heteroatoms. The SMILES string of the molecule is CN(C)c1cc(C(F)(F)F)nc(N2CCCCC2)n1. The molecule has 0 spiro atoms. The summed E-state index contributed by atoms with van der Waals surface area (Å²) in [5.41, 5.74) is -0.883. The Morgan fingerprint density at radius 2 is 1.74 bits per heavy atom. The van der Waals surface area contributed by atoms with Gasteiger partial charge in [0.15, 0.2) is 5.69 Å². The zero-order chi connectivity index (χ0) is 14.0. The van der Waals surface area contributed by atoms with Gasteiger partial charge in [0.1, 0.15) is 5.82 Å². The lowest BCUT2D eigenvalue weighted by Crippen LogP contribution is -2.32. The van der Waals surface area contributed by atoms with Gasteiger partial charge in [0.05, 0.1) is 0 Å². The standard InChI is InChI=1S/C12H17F3N4/c1-18(2)10-8-9(12(13,14)15)16-11(17-10)19-6-4-3-5-7-19/h8H,3-7H2,1-2H3. The molecular formula is C12H17F3N4. The minimum absolute atomic E-state index is 0.179. The topological polar surface area (TPSA) is 32.3 Å². The van der Waals surface area contributed by atoms with Crippen molar-refractivity contribution >= 4 is 11.8 Å². The number of rotatable bonds is 2. The average Bonchev–Trinajstić information content (AvgIpc) is 2.38. The molecule has 0 radical (unpaired) electrons. The van der Waals surface area contributed by atoms with Gasteiger partial charge in [-0.3, -0.25) is 0 Å². The summed E-state index contributed by atoms with van der Waals surface area (Å²) in [7, 11) is 3.34. The van der Waals surface area contributed by atoms with Crippen molar-refractivity contribution < 1.29 is 13.2 Å². The van der Waals surface area contributed by atoms with Crippen LogP contribution in [0.5, 0.6) is 0 Å². The number of hydrogen-bond donors (Lipinski definition) is 0. The molecule has 0 atom stereocenters. The van der Waals surface area contributed by atoms with E-state index in [0.29, 0.717) is 13.1 Å². The van der Waals surface area contributed by atoms with E-state index in [-0.39, 0.29) is 11.8 Å². The fourth-order valence-electron chi connectivity index (χ4n) is 2.03. The van der Waals surface area contributed by atoms with E-state index >= 15 is 0 Å². The van der Waals surface area contributed by atoms with Crippen LogP contribution in [-0.2, 0) is 6.18 Å². The molecule has 0 N–H and O–H groups in total. The van der Waals surface area contributed by atoms with Gasteiger partial charge in [-0.05, 0) is 19.3 Å². The van der Waals surface area contributed by atoms with Crippen molar-refractivity contribution in [1.82, 2.24) is 9.97 Å². The molecule has 2 heterocycles. The zero-order valence-corrected chi connectivity index (χ0v) is 11.0. The number of hydrogen-bond acceptors (Lipinski definition) is 4. The van der Waals surface area contributed by atoms with Crippen molar-refractivity contribution in [3.05, 3.63) is 11.8 Å². The lowest BCUT2D eigenvalue weighted by molar-refractivity contribution is -0.141. The van der Waals surface area contributed by atoms with Crippen LogP contribution < -0.4 is 9.80 Å². The van der Waals surface area contributed by atoms with Crippen LogP contribution in [0.15, 0.2) is 6.07 Å².